The fourth-order valence-corrected chi connectivity index (χ4v) is 0. The first kappa shape index (κ1) is 9.82. The Kier molecular flexibility index (Phi) is 4.53. The van der Waals surface area contributed by atoms with Crippen molar-refractivity contribution in [1.29, 1.82) is 0 Å². The van der Waals surface area contributed by atoms with Crippen LogP contribution in [0.5, 0.6) is 0 Å². The van der Waals surface area contributed by atoms with Crippen molar-refractivity contribution in [3.63, 3.8) is 0 Å². The summed E-state index contributed by atoms with van der Waals surface area (Å²) in [6.07, 6.45) is 0. The molecule has 0 heterocycles. The number of hydrogen-bond donors (Lipinski definition) is 2. The van der Waals surface area contributed by atoms with Crippen LogP contribution in [0.15, 0.2) is 0 Å². The molecule has 0 aliphatic carbocycles. The molecule has 0 atom stereocenters. The summed E-state index contributed by atoms with van der Waals surface area (Å²) in [4.78, 5) is 14.8. The van der Waals surface area contributed by atoms with Gasteiger partial charge in [-0.25, -0.2) is 4.57 Å². The molecule has 0 saturated carbocycles. The van der Waals surface area contributed by atoms with Crippen molar-refractivity contribution in [3.8, 4) is 0 Å². The Labute approximate surface area is 44.3 Å². The molecule has 0 fully saturated rings. The van der Waals surface area contributed by atoms with Crippen LogP contribution in [0.1, 0.15) is 0 Å². The van der Waals surface area contributed by atoms with Crippen LogP contribution in [0.3, 0.4) is 0 Å². The highest BCUT2D eigenvalue weighted by Gasteiger charge is 2.01. The second kappa shape index (κ2) is 2.77. The van der Waals surface area contributed by atoms with Gasteiger partial charge >= 0.3 is 6.95 Å². The van der Waals surface area contributed by atoms with E-state index in [1.54, 1.807) is 0 Å². The highest BCUT2D eigenvalue weighted by molar-refractivity contribution is 7.79. The monoisotopic (exact) mass is 148 g/mol. The fraction of sp³-hybridized carbons (Fsp3) is 0. The average Bonchev–Trinajstić information content (AvgIpc) is 0.722. The molecule has 0 aromatic heterocycles. The normalized spacial score (nSPS) is 9.83. The predicted octanol–water partition coefficient (Wildman–Crippen LogP) is -1.13. The van der Waals surface area contributed by atoms with Crippen molar-refractivity contribution in [1.82, 2.24) is 0 Å². The standard InChI is InChI=1S/ClH2O3P.H4Si/c1-5(2,3)4;/h(H2,2,3,4);1H4. The maximum atomic E-state index is 9.09. The van der Waals surface area contributed by atoms with Crippen molar-refractivity contribution in [2.45, 2.75) is 0 Å². The topological polar surface area (TPSA) is 57.5 Å². The van der Waals surface area contributed by atoms with Gasteiger partial charge in [-0.15, -0.1) is 0 Å². The van der Waals surface area contributed by atoms with Crippen LogP contribution in [0.4, 0.5) is 0 Å². The molecule has 0 unspecified atom stereocenters. The molecule has 0 aliphatic heterocycles. The molecule has 0 aromatic carbocycles. The lowest BCUT2D eigenvalue weighted by molar-refractivity contribution is 0.395. The molecule has 0 saturated heterocycles. The zero-order chi connectivity index (χ0) is 4.50. The Morgan fingerprint density at radius 1 is 1.50 bits per heavy atom. The Hall–Kier alpha value is 0.657. The van der Waals surface area contributed by atoms with Gasteiger partial charge < -0.3 is 9.79 Å². The molecule has 0 aromatic rings. The van der Waals surface area contributed by atoms with Crippen molar-refractivity contribution >= 4 is 29.2 Å². The summed E-state index contributed by atoms with van der Waals surface area (Å²) in [5.74, 6) is 0. The van der Waals surface area contributed by atoms with E-state index in [2.05, 4.69) is 11.2 Å². The van der Waals surface area contributed by atoms with Gasteiger partial charge in [0, 0.05) is 11.2 Å². The van der Waals surface area contributed by atoms with Crippen molar-refractivity contribution in [2.24, 2.45) is 0 Å². The summed E-state index contributed by atoms with van der Waals surface area (Å²) in [7, 11) is 0. The van der Waals surface area contributed by atoms with Gasteiger partial charge in [-0.3, -0.25) is 0 Å². The van der Waals surface area contributed by atoms with Gasteiger partial charge in [-0.05, 0) is 11.0 Å². The van der Waals surface area contributed by atoms with Crippen LogP contribution in [0, 0.1) is 0 Å². The van der Waals surface area contributed by atoms with Crippen LogP contribution in [0.2, 0.25) is 0 Å². The summed E-state index contributed by atoms with van der Waals surface area (Å²) >= 11 is 4.20. The molecule has 6 heteroatoms. The second-order valence-electron chi connectivity index (χ2n) is 0.473. The summed E-state index contributed by atoms with van der Waals surface area (Å²) < 4.78 is 9.09. The first-order valence-electron chi connectivity index (χ1n) is 0.752. The van der Waals surface area contributed by atoms with Gasteiger partial charge in [0.05, 0.1) is 0 Å². The van der Waals surface area contributed by atoms with E-state index in [0.29, 0.717) is 0 Å². The average molecular weight is 149 g/mol. The summed E-state index contributed by atoms with van der Waals surface area (Å²) in [5.41, 5.74) is 0. The molecule has 2 N–H and O–H groups in total. The van der Waals surface area contributed by atoms with Crippen molar-refractivity contribution in [3.05, 3.63) is 0 Å². The predicted molar refractivity (Wildman–Crippen MR) is 29.2 cm³/mol. The SMILES string of the molecule is O=P(O)(O)Cl.[SiH4]. The molecule has 40 valence electrons. The smallest absolute Gasteiger partial charge is 0.313 e. The maximum Gasteiger partial charge on any atom is 0.419 e. The third-order valence-electron chi connectivity index (χ3n) is 0. The Morgan fingerprint density at radius 3 is 1.50 bits per heavy atom. The van der Waals surface area contributed by atoms with E-state index in [0.717, 1.165) is 0 Å². The first-order chi connectivity index (χ1) is 2.00. The third-order valence-corrected chi connectivity index (χ3v) is 0. The molecule has 0 bridgehead atoms. The first-order valence-corrected chi connectivity index (χ1v) is 3.27. The van der Waals surface area contributed by atoms with E-state index in [1.807, 2.05) is 0 Å². The van der Waals surface area contributed by atoms with Crippen LogP contribution >= 0.6 is 18.2 Å². The summed E-state index contributed by atoms with van der Waals surface area (Å²) in [6, 6.07) is 0. The van der Waals surface area contributed by atoms with Crippen LogP contribution in [0.25, 0.3) is 0 Å². The van der Waals surface area contributed by atoms with Gasteiger partial charge in [0.1, 0.15) is 0 Å². The fourth-order valence-electron chi connectivity index (χ4n) is 0. The van der Waals surface area contributed by atoms with Crippen LogP contribution in [-0.2, 0) is 4.57 Å². The van der Waals surface area contributed by atoms with E-state index < -0.39 is 6.95 Å². The quantitative estimate of drug-likeness (QED) is 0.338. The van der Waals surface area contributed by atoms with Crippen molar-refractivity contribution in [2.75, 3.05) is 0 Å². The zero-order valence-corrected chi connectivity index (χ0v) is 3.78. The lowest BCUT2D eigenvalue weighted by Gasteiger charge is -1.80. The molecule has 0 amide bonds. The van der Waals surface area contributed by atoms with E-state index >= 15 is 0 Å². The van der Waals surface area contributed by atoms with Gasteiger partial charge in [-0.2, -0.15) is 0 Å². The Bertz CT molecular complexity index is 56.9. The molecule has 0 spiro atoms. The van der Waals surface area contributed by atoms with E-state index in [-0.39, 0.29) is 11.0 Å². The van der Waals surface area contributed by atoms with Crippen molar-refractivity contribution < 1.29 is 14.4 Å². The molecule has 0 aliphatic rings. The molecule has 0 rings (SSSR count). The van der Waals surface area contributed by atoms with Crippen LogP contribution in [-0.4, -0.2) is 20.8 Å². The third kappa shape index (κ3) is 144. The highest BCUT2D eigenvalue weighted by atomic mass is 35.7. The van der Waals surface area contributed by atoms with E-state index in [1.165, 1.54) is 0 Å². The minimum absolute atomic E-state index is 0. The van der Waals surface area contributed by atoms with Gasteiger partial charge in [0.2, 0.25) is 0 Å². The summed E-state index contributed by atoms with van der Waals surface area (Å²) in [6.45, 7) is -4.17. The lowest BCUT2D eigenvalue weighted by atomic mass is 15.8. The summed E-state index contributed by atoms with van der Waals surface area (Å²) in [5, 5.41) is 0. The number of halogens is 1. The van der Waals surface area contributed by atoms with Crippen LogP contribution < -0.4 is 0 Å². The maximum absolute atomic E-state index is 9.09. The van der Waals surface area contributed by atoms with E-state index in [4.69, 9.17) is 14.4 Å². The minimum atomic E-state index is -4.17. The van der Waals surface area contributed by atoms with Gasteiger partial charge in [-0.1, -0.05) is 0 Å². The zero-order valence-electron chi connectivity index (χ0n) is 2.13. The molecule has 3 nitrogen and oxygen atoms in total. The molecule has 6 heavy (non-hydrogen) atoms. The van der Waals surface area contributed by atoms with Gasteiger partial charge in [0.15, 0.2) is 0 Å². The molecular weight excluding hydrogens is 143 g/mol. The largest absolute Gasteiger partial charge is 0.419 e. The number of rotatable bonds is 0. The molecular formula is H6ClO3PSi. The highest BCUT2D eigenvalue weighted by Crippen LogP contribution is 2.39. The van der Waals surface area contributed by atoms with Gasteiger partial charge in [0.25, 0.3) is 0 Å². The molecule has 0 radical (unpaired) electrons. The number of hydrogen-bond acceptors (Lipinski definition) is 1. The van der Waals surface area contributed by atoms with E-state index in [9.17, 15) is 0 Å². The second-order valence-corrected chi connectivity index (χ2v) is 2.74. The Morgan fingerprint density at radius 2 is 1.50 bits per heavy atom. The Balaban J connectivity index is 0. The minimum Gasteiger partial charge on any atom is -0.313 e. The lowest BCUT2D eigenvalue weighted by Crippen LogP contribution is -1.54.